The number of nitrogens with zero attached hydrogens (tertiary/aromatic N) is 4. The Morgan fingerprint density at radius 3 is 2.80 bits per heavy atom. The van der Waals surface area contributed by atoms with Gasteiger partial charge in [-0.2, -0.15) is 13.2 Å². The van der Waals surface area contributed by atoms with Crippen molar-refractivity contribution in [2.24, 2.45) is 0 Å². The fraction of sp³-hybridized carbons (Fsp3) is 0.222. The number of alkyl halides is 3. The van der Waals surface area contributed by atoms with Gasteiger partial charge in [0, 0.05) is 24.3 Å². The van der Waals surface area contributed by atoms with Gasteiger partial charge in [-0.05, 0) is 30.3 Å². The molecule has 7 nitrogen and oxygen atoms in total. The van der Waals surface area contributed by atoms with Gasteiger partial charge in [-0.1, -0.05) is 29.4 Å². The van der Waals surface area contributed by atoms with E-state index >= 15 is 0 Å². The molecule has 12 heteroatoms. The number of amides is 1. The highest BCUT2D eigenvalue weighted by atomic mass is 35.5. The summed E-state index contributed by atoms with van der Waals surface area (Å²) in [5, 5.41) is 14.1. The Morgan fingerprint density at radius 2 is 2.03 bits per heavy atom. The van der Waals surface area contributed by atoms with Gasteiger partial charge in [0.2, 0.25) is 5.91 Å². The Kier molecular flexibility index (Phi) is 7.16. The van der Waals surface area contributed by atoms with E-state index in [1.807, 2.05) is 6.07 Å². The third-order valence-corrected chi connectivity index (χ3v) is 4.97. The molecule has 30 heavy (non-hydrogen) atoms. The van der Waals surface area contributed by atoms with Gasteiger partial charge in [-0.3, -0.25) is 9.36 Å². The summed E-state index contributed by atoms with van der Waals surface area (Å²) < 4.78 is 40.5. The van der Waals surface area contributed by atoms with Crippen molar-refractivity contribution >= 4 is 35.1 Å². The van der Waals surface area contributed by atoms with E-state index in [1.54, 1.807) is 22.8 Å². The van der Waals surface area contributed by atoms with Gasteiger partial charge in [0.05, 0.1) is 17.0 Å². The zero-order valence-electron chi connectivity index (χ0n) is 15.4. The molecular formula is C18H16ClF3N6OS. The minimum absolute atomic E-state index is 0.0661. The Labute approximate surface area is 179 Å². The van der Waals surface area contributed by atoms with Gasteiger partial charge in [-0.15, -0.1) is 10.2 Å². The number of hydrogen-bond donors (Lipinski definition) is 2. The zero-order chi connectivity index (χ0) is 21.6. The van der Waals surface area contributed by atoms with Gasteiger partial charge in [0.1, 0.15) is 12.1 Å². The van der Waals surface area contributed by atoms with E-state index in [-0.39, 0.29) is 30.6 Å². The maximum Gasteiger partial charge on any atom is 0.419 e. The smallest absolute Gasteiger partial charge is 0.368 e. The number of nitrogens with one attached hydrogen (secondary N) is 2. The molecule has 1 amide bonds. The molecule has 0 radical (unpaired) electrons. The average Bonchev–Trinajstić information content (AvgIpc) is 3.18. The minimum atomic E-state index is -4.50. The van der Waals surface area contributed by atoms with Crippen molar-refractivity contribution in [2.75, 3.05) is 24.2 Å². The molecule has 2 heterocycles. The highest BCUT2D eigenvalue weighted by Gasteiger charge is 2.33. The summed E-state index contributed by atoms with van der Waals surface area (Å²) in [5.41, 5.74) is -0.0947. The molecule has 2 aromatic heterocycles. The van der Waals surface area contributed by atoms with Crippen molar-refractivity contribution in [3.05, 3.63) is 59.5 Å². The first-order chi connectivity index (χ1) is 14.3. The summed E-state index contributed by atoms with van der Waals surface area (Å²) in [6.45, 7) is 0.226. The van der Waals surface area contributed by atoms with Crippen molar-refractivity contribution in [3.8, 4) is 5.69 Å². The first kappa shape index (κ1) is 21.9. The molecule has 0 unspecified atom stereocenters. The molecule has 0 saturated carbocycles. The Hall–Kier alpha value is -2.79. The second-order valence-corrected chi connectivity index (χ2v) is 7.31. The van der Waals surface area contributed by atoms with E-state index in [9.17, 15) is 18.0 Å². The fourth-order valence-corrected chi connectivity index (χ4v) is 3.41. The van der Waals surface area contributed by atoms with Crippen LogP contribution in [0, 0.1) is 0 Å². The topological polar surface area (TPSA) is 84.7 Å². The summed E-state index contributed by atoms with van der Waals surface area (Å²) >= 11 is 7.17. The number of carbonyl (C=O) groups excluding carboxylic acids is 1. The average molecular weight is 457 g/mol. The van der Waals surface area contributed by atoms with E-state index in [0.29, 0.717) is 10.2 Å². The second kappa shape index (κ2) is 9.81. The summed E-state index contributed by atoms with van der Waals surface area (Å²) in [6.07, 6.45) is -1.72. The molecule has 0 fully saturated rings. The zero-order valence-corrected chi connectivity index (χ0v) is 16.9. The predicted molar refractivity (Wildman–Crippen MR) is 108 cm³/mol. The van der Waals surface area contributed by atoms with Crippen molar-refractivity contribution in [3.63, 3.8) is 0 Å². The lowest BCUT2D eigenvalue weighted by Gasteiger charge is -2.13. The molecule has 158 valence electrons. The molecule has 0 aliphatic carbocycles. The van der Waals surface area contributed by atoms with E-state index in [4.69, 9.17) is 11.6 Å². The lowest BCUT2D eigenvalue weighted by Crippen LogP contribution is -2.30. The molecule has 0 spiro atoms. The van der Waals surface area contributed by atoms with Gasteiger partial charge in [0.15, 0.2) is 5.16 Å². The maximum atomic E-state index is 12.9. The number of carbonyl (C=O) groups is 1. The van der Waals surface area contributed by atoms with Gasteiger partial charge < -0.3 is 10.6 Å². The number of rotatable bonds is 8. The Balaban J connectivity index is 1.47. The Bertz CT molecular complexity index is 1010. The first-order valence-corrected chi connectivity index (χ1v) is 10.0. The van der Waals surface area contributed by atoms with E-state index in [1.165, 1.54) is 30.4 Å². The summed E-state index contributed by atoms with van der Waals surface area (Å²) in [5.74, 6) is -0.501. The Morgan fingerprint density at radius 1 is 1.20 bits per heavy atom. The van der Waals surface area contributed by atoms with Gasteiger partial charge >= 0.3 is 6.18 Å². The SMILES string of the molecule is O=C(CSc1nncn1-c1cccc(Cl)c1)NCCNc1ncccc1C(F)(F)F. The van der Waals surface area contributed by atoms with Crippen LogP contribution >= 0.6 is 23.4 Å². The molecular weight excluding hydrogens is 441 g/mol. The van der Waals surface area contributed by atoms with Crippen LogP contribution in [0.2, 0.25) is 5.02 Å². The molecule has 1 aromatic carbocycles. The number of anilines is 1. The molecule has 0 bridgehead atoms. The van der Waals surface area contributed by atoms with Crippen molar-refractivity contribution in [2.45, 2.75) is 11.3 Å². The standard InChI is InChI=1S/C18H16ClF3N6OS/c19-12-3-1-4-13(9-12)28-11-26-27-17(28)30-10-15(29)23-7-8-25-16-14(18(20,21)22)5-2-6-24-16/h1-6,9,11H,7-8,10H2,(H,23,29)(H,24,25). The third kappa shape index (κ3) is 5.86. The minimum Gasteiger partial charge on any atom is -0.368 e. The highest BCUT2D eigenvalue weighted by molar-refractivity contribution is 7.99. The third-order valence-electron chi connectivity index (χ3n) is 3.79. The van der Waals surface area contributed by atoms with Crippen LogP contribution in [0.4, 0.5) is 19.0 Å². The number of hydrogen-bond acceptors (Lipinski definition) is 6. The van der Waals surface area contributed by atoms with Gasteiger partial charge in [0.25, 0.3) is 0 Å². The van der Waals surface area contributed by atoms with Crippen molar-refractivity contribution in [1.29, 1.82) is 0 Å². The van der Waals surface area contributed by atoms with Crippen LogP contribution in [-0.4, -0.2) is 44.5 Å². The van der Waals surface area contributed by atoms with E-state index in [0.717, 1.165) is 11.8 Å². The lowest BCUT2D eigenvalue weighted by atomic mass is 10.2. The summed E-state index contributed by atoms with van der Waals surface area (Å²) in [7, 11) is 0. The van der Waals surface area contributed by atoms with Crippen LogP contribution in [0.3, 0.4) is 0 Å². The van der Waals surface area contributed by atoms with Crippen LogP contribution in [0.15, 0.2) is 54.1 Å². The lowest BCUT2D eigenvalue weighted by molar-refractivity contribution is -0.137. The maximum absolute atomic E-state index is 12.9. The van der Waals surface area contributed by atoms with Crippen molar-refractivity contribution < 1.29 is 18.0 Å². The monoisotopic (exact) mass is 456 g/mol. The molecule has 3 rings (SSSR count). The van der Waals surface area contributed by atoms with Crippen LogP contribution in [0.5, 0.6) is 0 Å². The van der Waals surface area contributed by atoms with Crippen LogP contribution < -0.4 is 10.6 Å². The molecule has 3 aromatic rings. The van der Waals surface area contributed by atoms with Crippen molar-refractivity contribution in [1.82, 2.24) is 25.1 Å². The quantitative estimate of drug-likeness (QED) is 0.397. The number of halogens is 4. The van der Waals surface area contributed by atoms with E-state index < -0.39 is 11.7 Å². The number of pyridine rings is 1. The van der Waals surface area contributed by atoms with E-state index in [2.05, 4.69) is 25.8 Å². The summed E-state index contributed by atoms with van der Waals surface area (Å²) in [6, 6.07) is 9.27. The number of benzene rings is 1. The van der Waals surface area contributed by atoms with Crippen LogP contribution in [0.1, 0.15) is 5.56 Å². The molecule has 0 aliphatic rings. The number of thioether (sulfide) groups is 1. The van der Waals surface area contributed by atoms with Crippen LogP contribution in [-0.2, 0) is 11.0 Å². The molecule has 0 aliphatic heterocycles. The predicted octanol–water partition coefficient (Wildman–Crippen LogP) is 3.65. The summed E-state index contributed by atoms with van der Waals surface area (Å²) in [4.78, 5) is 15.7. The highest BCUT2D eigenvalue weighted by Crippen LogP contribution is 2.33. The second-order valence-electron chi connectivity index (χ2n) is 5.93. The molecule has 2 N–H and O–H groups in total. The number of aromatic nitrogens is 4. The largest absolute Gasteiger partial charge is 0.419 e. The molecule has 0 saturated heterocycles. The fourth-order valence-electron chi connectivity index (χ4n) is 2.46. The van der Waals surface area contributed by atoms with Crippen LogP contribution in [0.25, 0.3) is 5.69 Å². The van der Waals surface area contributed by atoms with Gasteiger partial charge in [-0.25, -0.2) is 4.98 Å². The molecule has 0 atom stereocenters. The first-order valence-electron chi connectivity index (χ1n) is 8.66. The normalized spacial score (nSPS) is 11.3.